The Morgan fingerprint density at radius 1 is 1.43 bits per heavy atom. The lowest BCUT2D eigenvalue weighted by Crippen LogP contribution is -2.40. The maximum absolute atomic E-state index is 13.5. The van der Waals surface area contributed by atoms with Gasteiger partial charge in [0.05, 0.1) is 17.4 Å². The fraction of sp³-hybridized carbons (Fsp3) is 0.308. The van der Waals surface area contributed by atoms with E-state index in [1.807, 2.05) is 0 Å². The maximum atomic E-state index is 13.5. The molecule has 2 N–H and O–H groups in total. The molecule has 1 fully saturated rings. The summed E-state index contributed by atoms with van der Waals surface area (Å²) >= 11 is 0. The van der Waals surface area contributed by atoms with E-state index in [-0.39, 0.29) is 18.0 Å². The highest BCUT2D eigenvalue weighted by atomic mass is 35.5. The molecular formula is C13H13ClFN3O3. The van der Waals surface area contributed by atoms with Gasteiger partial charge in [0.1, 0.15) is 17.4 Å². The van der Waals surface area contributed by atoms with Gasteiger partial charge in [-0.15, -0.1) is 12.4 Å². The molecule has 1 atom stereocenters. The Morgan fingerprint density at radius 2 is 2.19 bits per heavy atom. The number of fused-ring (bicyclic) bond motifs is 1. The van der Waals surface area contributed by atoms with E-state index in [4.69, 9.17) is 5.11 Å². The zero-order valence-electron chi connectivity index (χ0n) is 10.9. The molecule has 2 aromatic rings. The first-order valence-electron chi connectivity index (χ1n) is 6.24. The predicted molar refractivity (Wildman–Crippen MR) is 75.0 cm³/mol. The van der Waals surface area contributed by atoms with Gasteiger partial charge < -0.3 is 15.0 Å². The molecular weight excluding hydrogens is 301 g/mol. The molecule has 3 rings (SSSR count). The van der Waals surface area contributed by atoms with Crippen molar-refractivity contribution < 1.29 is 19.1 Å². The molecule has 0 unspecified atom stereocenters. The molecule has 0 radical (unpaired) electrons. The standard InChI is InChI=1S/C13H12FN3O3.ClH/c14-7-4-8(11-9(5-7)15-6-16-11)12(18)17-3-1-2-10(17)13(19)20;/h4-6,10H,1-3H2,(H,15,16)(H,19,20);1H/t10-;/m0./s1. The van der Waals surface area contributed by atoms with E-state index in [0.717, 1.165) is 6.07 Å². The SMILES string of the molecule is Cl.O=C(O)[C@@H]1CCCN1C(=O)c1cc(F)cc2[nH]cnc12. The summed E-state index contributed by atoms with van der Waals surface area (Å²) in [5, 5.41) is 9.12. The number of benzene rings is 1. The van der Waals surface area contributed by atoms with Crippen LogP contribution < -0.4 is 0 Å². The lowest BCUT2D eigenvalue weighted by molar-refractivity contribution is -0.141. The molecule has 1 aromatic heterocycles. The van der Waals surface area contributed by atoms with Crippen molar-refractivity contribution in [1.82, 2.24) is 14.9 Å². The number of hydrogen-bond acceptors (Lipinski definition) is 3. The van der Waals surface area contributed by atoms with Gasteiger partial charge in [0, 0.05) is 6.54 Å². The van der Waals surface area contributed by atoms with Gasteiger partial charge in [-0.25, -0.2) is 14.2 Å². The van der Waals surface area contributed by atoms with Crippen LogP contribution in [0.25, 0.3) is 11.0 Å². The monoisotopic (exact) mass is 313 g/mol. The average Bonchev–Trinajstić information content (AvgIpc) is 3.04. The highest BCUT2D eigenvalue weighted by Gasteiger charge is 2.35. The number of imidazole rings is 1. The third-order valence-electron chi connectivity index (χ3n) is 3.52. The third kappa shape index (κ3) is 2.56. The van der Waals surface area contributed by atoms with Crippen molar-refractivity contribution in [3.63, 3.8) is 0 Å². The van der Waals surface area contributed by atoms with E-state index in [9.17, 15) is 14.0 Å². The lowest BCUT2D eigenvalue weighted by Gasteiger charge is -2.21. The first kappa shape index (κ1) is 15.2. The number of likely N-dealkylation sites (tertiary alicyclic amines) is 1. The molecule has 0 bridgehead atoms. The number of aliphatic carboxylic acids is 1. The highest BCUT2D eigenvalue weighted by molar-refractivity contribution is 6.06. The fourth-order valence-electron chi connectivity index (χ4n) is 2.60. The molecule has 6 nitrogen and oxygen atoms in total. The Morgan fingerprint density at radius 3 is 2.90 bits per heavy atom. The van der Waals surface area contributed by atoms with E-state index in [1.165, 1.54) is 17.3 Å². The Bertz CT molecular complexity index is 703. The Hall–Kier alpha value is -2.15. The number of carboxylic acids is 1. The molecule has 1 aliphatic rings. The van der Waals surface area contributed by atoms with Gasteiger partial charge in [0.25, 0.3) is 5.91 Å². The summed E-state index contributed by atoms with van der Waals surface area (Å²) in [6, 6.07) is 1.50. The summed E-state index contributed by atoms with van der Waals surface area (Å²) in [7, 11) is 0. The van der Waals surface area contributed by atoms with Crippen molar-refractivity contribution >= 4 is 35.3 Å². The second-order valence-corrected chi connectivity index (χ2v) is 4.75. The number of amides is 1. The van der Waals surface area contributed by atoms with Crippen molar-refractivity contribution in [3.05, 3.63) is 29.8 Å². The number of halogens is 2. The van der Waals surface area contributed by atoms with Gasteiger partial charge in [0.2, 0.25) is 0 Å². The summed E-state index contributed by atoms with van der Waals surface area (Å²) in [4.78, 5) is 31.6. The predicted octanol–water partition coefficient (Wildman–Crippen LogP) is 1.81. The molecule has 112 valence electrons. The topological polar surface area (TPSA) is 86.3 Å². The Kier molecular flexibility index (Phi) is 4.13. The summed E-state index contributed by atoms with van der Waals surface area (Å²) in [5.41, 5.74) is 0.862. The number of aromatic nitrogens is 2. The molecule has 1 aromatic carbocycles. The number of rotatable bonds is 2. The van der Waals surface area contributed by atoms with Crippen LogP contribution in [0.2, 0.25) is 0 Å². The molecule has 0 saturated carbocycles. The molecule has 2 heterocycles. The first-order chi connectivity index (χ1) is 9.58. The van der Waals surface area contributed by atoms with Crippen molar-refractivity contribution in [2.75, 3.05) is 6.54 Å². The number of aromatic amines is 1. The van der Waals surface area contributed by atoms with Crippen LogP contribution in [0, 0.1) is 5.82 Å². The molecule has 1 amide bonds. The third-order valence-corrected chi connectivity index (χ3v) is 3.52. The van der Waals surface area contributed by atoms with Crippen molar-refractivity contribution in [2.24, 2.45) is 0 Å². The summed E-state index contributed by atoms with van der Waals surface area (Å²) in [6.45, 7) is 0.359. The summed E-state index contributed by atoms with van der Waals surface area (Å²) in [6.07, 6.45) is 2.42. The van der Waals surface area contributed by atoms with Gasteiger partial charge >= 0.3 is 5.97 Å². The van der Waals surface area contributed by atoms with Crippen LogP contribution in [0.3, 0.4) is 0 Å². The number of carbonyl (C=O) groups is 2. The van der Waals surface area contributed by atoms with Gasteiger partial charge in [-0.3, -0.25) is 4.79 Å². The number of nitrogens with one attached hydrogen (secondary N) is 1. The molecule has 8 heteroatoms. The van der Waals surface area contributed by atoms with Crippen LogP contribution in [0.1, 0.15) is 23.2 Å². The van der Waals surface area contributed by atoms with E-state index in [0.29, 0.717) is 30.4 Å². The normalized spacial score (nSPS) is 17.8. The number of carboxylic acid groups (broad SMARTS) is 1. The molecule has 1 saturated heterocycles. The van der Waals surface area contributed by atoms with Gasteiger partial charge in [-0.1, -0.05) is 0 Å². The minimum absolute atomic E-state index is 0. The maximum Gasteiger partial charge on any atom is 0.326 e. The summed E-state index contributed by atoms with van der Waals surface area (Å²) < 4.78 is 13.5. The van der Waals surface area contributed by atoms with Gasteiger partial charge in [0.15, 0.2) is 0 Å². The average molecular weight is 314 g/mol. The van der Waals surface area contributed by atoms with E-state index in [2.05, 4.69) is 9.97 Å². The van der Waals surface area contributed by atoms with E-state index < -0.39 is 23.7 Å². The first-order valence-corrected chi connectivity index (χ1v) is 6.24. The van der Waals surface area contributed by atoms with Gasteiger partial charge in [-0.05, 0) is 25.0 Å². The zero-order valence-corrected chi connectivity index (χ0v) is 11.7. The van der Waals surface area contributed by atoms with Crippen LogP contribution in [0.4, 0.5) is 4.39 Å². The van der Waals surface area contributed by atoms with Crippen LogP contribution >= 0.6 is 12.4 Å². The van der Waals surface area contributed by atoms with Gasteiger partial charge in [-0.2, -0.15) is 0 Å². The molecule has 1 aliphatic heterocycles. The fourth-order valence-corrected chi connectivity index (χ4v) is 2.60. The number of H-pyrrole nitrogens is 1. The second kappa shape index (κ2) is 5.69. The molecule has 0 spiro atoms. The highest BCUT2D eigenvalue weighted by Crippen LogP contribution is 2.24. The second-order valence-electron chi connectivity index (χ2n) is 4.75. The smallest absolute Gasteiger partial charge is 0.326 e. The Labute approximate surface area is 125 Å². The minimum atomic E-state index is -1.04. The van der Waals surface area contributed by atoms with Crippen LogP contribution in [-0.2, 0) is 4.79 Å². The molecule has 21 heavy (non-hydrogen) atoms. The van der Waals surface area contributed by atoms with Crippen molar-refractivity contribution in [3.8, 4) is 0 Å². The van der Waals surface area contributed by atoms with Crippen LogP contribution in [-0.4, -0.2) is 44.4 Å². The molecule has 0 aliphatic carbocycles. The number of nitrogens with zero attached hydrogens (tertiary/aromatic N) is 2. The van der Waals surface area contributed by atoms with Crippen molar-refractivity contribution in [2.45, 2.75) is 18.9 Å². The minimum Gasteiger partial charge on any atom is -0.480 e. The van der Waals surface area contributed by atoms with Crippen LogP contribution in [0.15, 0.2) is 18.5 Å². The Balaban J connectivity index is 0.00000161. The number of hydrogen-bond donors (Lipinski definition) is 2. The number of carbonyl (C=O) groups excluding carboxylic acids is 1. The van der Waals surface area contributed by atoms with Crippen LogP contribution in [0.5, 0.6) is 0 Å². The van der Waals surface area contributed by atoms with E-state index >= 15 is 0 Å². The zero-order chi connectivity index (χ0) is 14.3. The lowest BCUT2D eigenvalue weighted by atomic mass is 10.1. The van der Waals surface area contributed by atoms with Crippen molar-refractivity contribution in [1.29, 1.82) is 0 Å². The largest absolute Gasteiger partial charge is 0.480 e. The summed E-state index contributed by atoms with van der Waals surface area (Å²) in [5.74, 6) is -2.09. The quantitative estimate of drug-likeness (QED) is 0.885. The van der Waals surface area contributed by atoms with E-state index in [1.54, 1.807) is 0 Å².